The van der Waals surface area contributed by atoms with Crippen LogP contribution in [0.5, 0.6) is 0 Å². The third-order valence-corrected chi connectivity index (χ3v) is 3.38. The molecule has 86 valence electrons. The number of amides is 1. The summed E-state index contributed by atoms with van der Waals surface area (Å²) in [5.41, 5.74) is 6.98. The average molecular weight is 218 g/mol. The number of primary amides is 1. The minimum atomic E-state index is -0.362. The Morgan fingerprint density at radius 2 is 2.12 bits per heavy atom. The second-order valence-corrected chi connectivity index (χ2v) is 4.42. The second kappa shape index (κ2) is 4.56. The molecule has 1 aromatic rings. The second-order valence-electron chi connectivity index (χ2n) is 4.42. The first kappa shape index (κ1) is 11.0. The molecule has 1 fully saturated rings. The maximum Gasteiger partial charge on any atom is 0.248 e. The van der Waals surface area contributed by atoms with Crippen LogP contribution in [0.3, 0.4) is 0 Å². The summed E-state index contributed by atoms with van der Waals surface area (Å²) in [5.74, 6) is 0.454. The summed E-state index contributed by atoms with van der Waals surface area (Å²) in [5, 5.41) is 0. The van der Waals surface area contributed by atoms with Gasteiger partial charge in [0, 0.05) is 24.3 Å². The molecule has 0 saturated carbocycles. The molecule has 0 bridgehead atoms. The number of carbonyl (C=O) groups is 1. The van der Waals surface area contributed by atoms with E-state index in [0.29, 0.717) is 5.56 Å². The Labute approximate surface area is 96.2 Å². The summed E-state index contributed by atoms with van der Waals surface area (Å²) in [6.07, 6.45) is 2.52. The van der Waals surface area contributed by atoms with Crippen molar-refractivity contribution in [3.8, 4) is 0 Å². The topological polar surface area (TPSA) is 46.3 Å². The molecule has 3 nitrogen and oxygen atoms in total. The highest BCUT2D eigenvalue weighted by Crippen LogP contribution is 2.25. The van der Waals surface area contributed by atoms with Gasteiger partial charge in [-0.3, -0.25) is 4.79 Å². The molecule has 1 aliphatic rings. The van der Waals surface area contributed by atoms with Crippen molar-refractivity contribution in [2.75, 3.05) is 18.0 Å². The minimum Gasteiger partial charge on any atom is -0.371 e. The first-order chi connectivity index (χ1) is 7.70. The molecule has 0 aromatic heterocycles. The normalized spacial score (nSPS) is 20.1. The predicted molar refractivity (Wildman–Crippen MR) is 65.6 cm³/mol. The number of carbonyl (C=O) groups excluding carboxylic acids is 1. The van der Waals surface area contributed by atoms with Gasteiger partial charge in [-0.2, -0.15) is 0 Å². The molecular weight excluding hydrogens is 200 g/mol. The van der Waals surface area contributed by atoms with Gasteiger partial charge in [0.2, 0.25) is 5.91 Å². The number of nitrogens with zero attached hydrogens (tertiary/aromatic N) is 1. The van der Waals surface area contributed by atoms with Gasteiger partial charge in [-0.05, 0) is 36.6 Å². The van der Waals surface area contributed by atoms with Crippen molar-refractivity contribution in [2.45, 2.75) is 19.8 Å². The Kier molecular flexibility index (Phi) is 3.13. The first-order valence-corrected chi connectivity index (χ1v) is 5.85. The van der Waals surface area contributed by atoms with Crippen molar-refractivity contribution in [1.29, 1.82) is 0 Å². The number of benzene rings is 1. The van der Waals surface area contributed by atoms with Crippen LogP contribution in [0.4, 0.5) is 5.69 Å². The molecule has 0 radical (unpaired) electrons. The third kappa shape index (κ3) is 2.18. The summed E-state index contributed by atoms with van der Waals surface area (Å²) in [7, 11) is 0. The molecule has 1 amide bonds. The zero-order chi connectivity index (χ0) is 11.5. The maximum absolute atomic E-state index is 10.9. The van der Waals surface area contributed by atoms with E-state index in [9.17, 15) is 4.79 Å². The molecule has 2 N–H and O–H groups in total. The molecule has 1 unspecified atom stereocenters. The van der Waals surface area contributed by atoms with Gasteiger partial charge in [0.05, 0.1) is 0 Å². The highest BCUT2D eigenvalue weighted by Gasteiger charge is 2.20. The van der Waals surface area contributed by atoms with Crippen molar-refractivity contribution >= 4 is 11.6 Å². The lowest BCUT2D eigenvalue weighted by Crippen LogP contribution is -2.19. The van der Waals surface area contributed by atoms with Crippen molar-refractivity contribution in [3.63, 3.8) is 0 Å². The van der Waals surface area contributed by atoms with Gasteiger partial charge in [0.15, 0.2) is 0 Å². The molecule has 1 aliphatic heterocycles. The van der Waals surface area contributed by atoms with E-state index in [2.05, 4.69) is 11.8 Å². The smallest absolute Gasteiger partial charge is 0.248 e. The Balaban J connectivity index is 2.08. The number of nitrogens with two attached hydrogens (primary N) is 1. The average Bonchev–Trinajstić information content (AvgIpc) is 2.77. The van der Waals surface area contributed by atoms with E-state index in [0.717, 1.165) is 19.0 Å². The number of hydrogen-bond acceptors (Lipinski definition) is 2. The molecule has 1 aromatic carbocycles. The molecular formula is C13H18N2O. The zero-order valence-corrected chi connectivity index (χ0v) is 9.65. The summed E-state index contributed by atoms with van der Waals surface area (Å²) >= 11 is 0. The fourth-order valence-electron chi connectivity index (χ4n) is 2.24. The Morgan fingerprint density at radius 1 is 1.44 bits per heavy atom. The van der Waals surface area contributed by atoms with Gasteiger partial charge in [-0.25, -0.2) is 0 Å². The van der Waals surface area contributed by atoms with Crippen LogP contribution in [0.25, 0.3) is 0 Å². The molecule has 3 heteroatoms. The molecule has 1 heterocycles. The summed E-state index contributed by atoms with van der Waals surface area (Å²) in [4.78, 5) is 13.3. The van der Waals surface area contributed by atoms with Crippen LogP contribution in [0.2, 0.25) is 0 Å². The quantitative estimate of drug-likeness (QED) is 0.843. The SMILES string of the molecule is CCC1CCN(c2ccc(C(N)=O)cc2)C1. The molecule has 0 aliphatic carbocycles. The van der Waals surface area contributed by atoms with Crippen molar-refractivity contribution in [3.05, 3.63) is 29.8 Å². The van der Waals surface area contributed by atoms with Crippen LogP contribution >= 0.6 is 0 Å². The highest BCUT2D eigenvalue weighted by atomic mass is 16.1. The third-order valence-electron chi connectivity index (χ3n) is 3.38. The monoisotopic (exact) mass is 218 g/mol. The van der Waals surface area contributed by atoms with E-state index in [1.807, 2.05) is 12.1 Å². The maximum atomic E-state index is 10.9. The fraction of sp³-hybridized carbons (Fsp3) is 0.462. The van der Waals surface area contributed by atoms with Crippen molar-refractivity contribution in [1.82, 2.24) is 0 Å². The molecule has 0 spiro atoms. The van der Waals surface area contributed by atoms with Crippen LogP contribution in [-0.4, -0.2) is 19.0 Å². The Bertz CT molecular complexity index is 372. The van der Waals surface area contributed by atoms with Gasteiger partial charge in [-0.1, -0.05) is 13.3 Å². The van der Waals surface area contributed by atoms with Gasteiger partial charge < -0.3 is 10.6 Å². The predicted octanol–water partition coefficient (Wildman–Crippen LogP) is 2.02. The Morgan fingerprint density at radius 3 is 2.62 bits per heavy atom. The van der Waals surface area contributed by atoms with Crippen molar-refractivity contribution in [2.24, 2.45) is 11.7 Å². The number of hydrogen-bond donors (Lipinski definition) is 1. The van der Waals surface area contributed by atoms with E-state index < -0.39 is 0 Å². The lowest BCUT2D eigenvalue weighted by molar-refractivity contribution is 0.100. The van der Waals surface area contributed by atoms with E-state index in [4.69, 9.17) is 5.73 Å². The van der Waals surface area contributed by atoms with Crippen LogP contribution in [0.15, 0.2) is 24.3 Å². The van der Waals surface area contributed by atoms with Crippen LogP contribution < -0.4 is 10.6 Å². The molecule has 1 atom stereocenters. The Hall–Kier alpha value is -1.51. The fourth-order valence-corrected chi connectivity index (χ4v) is 2.24. The molecule has 2 rings (SSSR count). The number of anilines is 1. The van der Waals surface area contributed by atoms with Crippen molar-refractivity contribution < 1.29 is 4.79 Å². The number of rotatable bonds is 3. The van der Waals surface area contributed by atoms with E-state index in [-0.39, 0.29) is 5.91 Å². The van der Waals surface area contributed by atoms with E-state index in [1.165, 1.54) is 18.5 Å². The summed E-state index contributed by atoms with van der Waals surface area (Å²) < 4.78 is 0. The van der Waals surface area contributed by atoms with Crippen LogP contribution in [0, 0.1) is 5.92 Å². The van der Waals surface area contributed by atoms with Gasteiger partial charge in [0.25, 0.3) is 0 Å². The summed E-state index contributed by atoms with van der Waals surface area (Å²) in [6, 6.07) is 7.57. The highest BCUT2D eigenvalue weighted by molar-refractivity contribution is 5.93. The van der Waals surface area contributed by atoms with Crippen LogP contribution in [-0.2, 0) is 0 Å². The standard InChI is InChI=1S/C13H18N2O/c1-2-10-7-8-15(9-10)12-5-3-11(4-6-12)13(14)16/h3-6,10H,2,7-9H2,1H3,(H2,14,16). The molecule has 1 saturated heterocycles. The minimum absolute atomic E-state index is 0.362. The van der Waals surface area contributed by atoms with Gasteiger partial charge in [0.1, 0.15) is 0 Å². The van der Waals surface area contributed by atoms with Crippen LogP contribution in [0.1, 0.15) is 30.1 Å². The van der Waals surface area contributed by atoms with Gasteiger partial charge >= 0.3 is 0 Å². The molecule has 16 heavy (non-hydrogen) atoms. The van der Waals surface area contributed by atoms with E-state index >= 15 is 0 Å². The summed E-state index contributed by atoms with van der Waals surface area (Å²) in [6.45, 7) is 4.49. The van der Waals surface area contributed by atoms with Gasteiger partial charge in [-0.15, -0.1) is 0 Å². The lowest BCUT2D eigenvalue weighted by Gasteiger charge is -2.18. The lowest BCUT2D eigenvalue weighted by atomic mass is 10.1. The zero-order valence-electron chi connectivity index (χ0n) is 9.65. The van der Waals surface area contributed by atoms with E-state index in [1.54, 1.807) is 12.1 Å². The first-order valence-electron chi connectivity index (χ1n) is 5.85. The largest absolute Gasteiger partial charge is 0.371 e.